The molecule has 28 heavy (non-hydrogen) atoms. The zero-order valence-corrected chi connectivity index (χ0v) is 17.2. The first kappa shape index (κ1) is 21.9. The number of benzene rings is 2. The van der Waals surface area contributed by atoms with Crippen LogP contribution in [0.15, 0.2) is 36.4 Å². The highest BCUT2D eigenvalue weighted by molar-refractivity contribution is 5.68. The van der Waals surface area contributed by atoms with Gasteiger partial charge in [0.25, 0.3) is 0 Å². The second-order valence-electron chi connectivity index (χ2n) is 6.55. The van der Waals surface area contributed by atoms with E-state index in [0.29, 0.717) is 37.9 Å². The van der Waals surface area contributed by atoms with Crippen LogP contribution in [-0.2, 0) is 22.3 Å². The number of ether oxygens (including phenoxy) is 4. The standard InChI is InChI=1S/C23H30O5/c1-5-25-13-11-19-7-9-21(17(3)15-19)27-23(24)28-22-10-8-20(16-18(22)4)12-14-26-6-2/h7-10,15-16H,5-6,11-14H2,1-4H3. The van der Waals surface area contributed by atoms with E-state index in [9.17, 15) is 4.79 Å². The van der Waals surface area contributed by atoms with E-state index in [1.165, 1.54) is 0 Å². The van der Waals surface area contributed by atoms with E-state index in [4.69, 9.17) is 18.9 Å². The van der Waals surface area contributed by atoms with Crippen LogP contribution in [0.5, 0.6) is 11.5 Å². The molecule has 0 unspecified atom stereocenters. The van der Waals surface area contributed by atoms with Crippen molar-refractivity contribution in [1.29, 1.82) is 0 Å². The van der Waals surface area contributed by atoms with Crippen molar-refractivity contribution in [1.82, 2.24) is 0 Å². The maximum atomic E-state index is 12.2. The highest BCUT2D eigenvalue weighted by atomic mass is 16.7. The molecule has 0 radical (unpaired) electrons. The monoisotopic (exact) mass is 386 g/mol. The zero-order chi connectivity index (χ0) is 20.4. The first-order valence-corrected chi connectivity index (χ1v) is 9.77. The van der Waals surface area contributed by atoms with E-state index >= 15 is 0 Å². The summed E-state index contributed by atoms with van der Waals surface area (Å²) >= 11 is 0. The van der Waals surface area contributed by atoms with E-state index in [0.717, 1.165) is 35.1 Å². The molecule has 0 saturated carbocycles. The Balaban J connectivity index is 1.92. The topological polar surface area (TPSA) is 54.0 Å². The molecule has 2 aromatic rings. The predicted octanol–water partition coefficient (Wildman–Crippen LogP) is 5.04. The third-order valence-electron chi connectivity index (χ3n) is 4.34. The molecule has 2 aromatic carbocycles. The first-order chi connectivity index (χ1) is 13.5. The van der Waals surface area contributed by atoms with Gasteiger partial charge >= 0.3 is 6.16 Å². The summed E-state index contributed by atoms with van der Waals surface area (Å²) in [7, 11) is 0. The highest BCUT2D eigenvalue weighted by Crippen LogP contribution is 2.23. The average Bonchev–Trinajstić information content (AvgIpc) is 2.66. The molecule has 0 aliphatic carbocycles. The molecule has 5 nitrogen and oxygen atoms in total. The summed E-state index contributed by atoms with van der Waals surface area (Å²) < 4.78 is 21.5. The fraction of sp³-hybridized carbons (Fsp3) is 0.435. The molecule has 152 valence electrons. The maximum Gasteiger partial charge on any atom is 0.519 e. The molecule has 0 aliphatic rings. The molecule has 0 amide bonds. The lowest BCUT2D eigenvalue weighted by Crippen LogP contribution is -2.15. The Morgan fingerprint density at radius 1 is 0.750 bits per heavy atom. The van der Waals surface area contributed by atoms with Gasteiger partial charge in [-0.05, 0) is 74.9 Å². The lowest BCUT2D eigenvalue weighted by molar-refractivity contribution is 0.149. The fourth-order valence-electron chi connectivity index (χ4n) is 2.83. The van der Waals surface area contributed by atoms with Crippen molar-refractivity contribution >= 4 is 6.16 Å². The Labute approximate surface area is 167 Å². The van der Waals surface area contributed by atoms with E-state index < -0.39 is 6.16 Å². The zero-order valence-electron chi connectivity index (χ0n) is 17.2. The van der Waals surface area contributed by atoms with E-state index in [-0.39, 0.29) is 0 Å². The molecule has 0 spiro atoms. The molecule has 0 saturated heterocycles. The highest BCUT2D eigenvalue weighted by Gasteiger charge is 2.12. The summed E-state index contributed by atoms with van der Waals surface area (Å²) in [4.78, 5) is 12.2. The third-order valence-corrected chi connectivity index (χ3v) is 4.34. The summed E-state index contributed by atoms with van der Waals surface area (Å²) in [6.45, 7) is 10.5. The molecular weight excluding hydrogens is 356 g/mol. The Bertz CT molecular complexity index is 706. The summed E-state index contributed by atoms with van der Waals surface area (Å²) in [6.07, 6.45) is 0.915. The molecule has 0 fully saturated rings. The minimum absolute atomic E-state index is 0.496. The molecule has 0 atom stereocenters. The number of hydrogen-bond acceptors (Lipinski definition) is 5. The Kier molecular flexibility index (Phi) is 8.98. The Hall–Kier alpha value is -2.37. The third kappa shape index (κ3) is 6.98. The number of hydrogen-bond donors (Lipinski definition) is 0. The lowest BCUT2D eigenvalue weighted by atomic mass is 10.1. The van der Waals surface area contributed by atoms with E-state index in [1.807, 2.05) is 52.0 Å². The van der Waals surface area contributed by atoms with Gasteiger partial charge in [-0.1, -0.05) is 24.3 Å². The number of rotatable bonds is 10. The van der Waals surface area contributed by atoms with Gasteiger partial charge in [-0.15, -0.1) is 0 Å². The minimum atomic E-state index is -0.740. The maximum absolute atomic E-state index is 12.2. The van der Waals surface area contributed by atoms with Crippen molar-refractivity contribution in [3.8, 4) is 11.5 Å². The van der Waals surface area contributed by atoms with Crippen LogP contribution in [0.1, 0.15) is 36.1 Å². The van der Waals surface area contributed by atoms with Gasteiger partial charge in [0, 0.05) is 13.2 Å². The van der Waals surface area contributed by atoms with Gasteiger partial charge in [0.05, 0.1) is 13.2 Å². The van der Waals surface area contributed by atoms with Crippen LogP contribution in [0.4, 0.5) is 4.79 Å². The molecule has 2 rings (SSSR count). The second-order valence-corrected chi connectivity index (χ2v) is 6.55. The van der Waals surface area contributed by atoms with Crippen molar-refractivity contribution in [3.05, 3.63) is 58.7 Å². The lowest BCUT2D eigenvalue weighted by Gasteiger charge is -2.11. The van der Waals surface area contributed by atoms with Crippen molar-refractivity contribution in [2.24, 2.45) is 0 Å². The molecule has 5 heteroatoms. The van der Waals surface area contributed by atoms with Crippen LogP contribution in [-0.4, -0.2) is 32.6 Å². The van der Waals surface area contributed by atoms with Gasteiger partial charge in [0.15, 0.2) is 0 Å². The van der Waals surface area contributed by atoms with Crippen molar-refractivity contribution in [2.45, 2.75) is 40.5 Å². The van der Waals surface area contributed by atoms with Crippen LogP contribution in [0.3, 0.4) is 0 Å². The number of carbonyl (C=O) groups excluding carboxylic acids is 1. The fourth-order valence-corrected chi connectivity index (χ4v) is 2.83. The van der Waals surface area contributed by atoms with Crippen molar-refractivity contribution in [2.75, 3.05) is 26.4 Å². The van der Waals surface area contributed by atoms with Crippen LogP contribution < -0.4 is 9.47 Å². The van der Waals surface area contributed by atoms with Gasteiger partial charge in [-0.25, -0.2) is 4.79 Å². The molecule has 0 aliphatic heterocycles. The van der Waals surface area contributed by atoms with Gasteiger partial charge in [0.1, 0.15) is 11.5 Å². The first-order valence-electron chi connectivity index (χ1n) is 9.77. The Morgan fingerprint density at radius 3 is 1.54 bits per heavy atom. The SMILES string of the molecule is CCOCCc1ccc(OC(=O)Oc2ccc(CCOCC)cc2C)c(C)c1. The summed E-state index contributed by atoms with van der Waals surface area (Å²) in [6, 6.07) is 11.5. The molecule has 0 heterocycles. The molecule has 0 N–H and O–H groups in total. The van der Waals surface area contributed by atoms with Crippen LogP contribution in [0, 0.1) is 13.8 Å². The van der Waals surface area contributed by atoms with E-state index in [2.05, 4.69) is 0 Å². The predicted molar refractivity (Wildman–Crippen MR) is 109 cm³/mol. The smallest absolute Gasteiger partial charge is 0.394 e. The van der Waals surface area contributed by atoms with Crippen LogP contribution in [0.25, 0.3) is 0 Å². The Morgan fingerprint density at radius 2 is 1.18 bits per heavy atom. The number of carbonyl (C=O) groups is 1. The van der Waals surface area contributed by atoms with Crippen molar-refractivity contribution in [3.63, 3.8) is 0 Å². The summed E-state index contributed by atoms with van der Waals surface area (Å²) in [5.74, 6) is 0.993. The number of aryl methyl sites for hydroxylation is 2. The van der Waals surface area contributed by atoms with Crippen molar-refractivity contribution < 1.29 is 23.7 Å². The normalized spacial score (nSPS) is 10.7. The minimum Gasteiger partial charge on any atom is -0.394 e. The molecule has 0 bridgehead atoms. The van der Waals surface area contributed by atoms with Crippen LogP contribution in [0.2, 0.25) is 0 Å². The van der Waals surface area contributed by atoms with E-state index in [1.54, 1.807) is 12.1 Å². The van der Waals surface area contributed by atoms with Gasteiger partial charge < -0.3 is 18.9 Å². The van der Waals surface area contributed by atoms with Gasteiger partial charge in [-0.2, -0.15) is 0 Å². The van der Waals surface area contributed by atoms with Crippen LogP contribution >= 0.6 is 0 Å². The summed E-state index contributed by atoms with van der Waals surface area (Å²) in [5.41, 5.74) is 4.05. The molecule has 0 aromatic heterocycles. The second kappa shape index (κ2) is 11.5. The van der Waals surface area contributed by atoms with Gasteiger partial charge in [-0.3, -0.25) is 0 Å². The molecular formula is C23H30O5. The average molecular weight is 386 g/mol. The largest absolute Gasteiger partial charge is 0.519 e. The summed E-state index contributed by atoms with van der Waals surface area (Å²) in [5, 5.41) is 0. The quantitative estimate of drug-likeness (QED) is 0.325. The van der Waals surface area contributed by atoms with Gasteiger partial charge in [0.2, 0.25) is 0 Å².